The average molecular weight is 265 g/mol. The third-order valence-electron chi connectivity index (χ3n) is 3.67. The Kier molecular flexibility index (Phi) is 5.39. The highest BCUT2D eigenvalue weighted by Gasteiger charge is 2.14. The molecule has 0 aliphatic carbocycles. The maximum absolute atomic E-state index is 5.18. The zero-order valence-corrected chi connectivity index (χ0v) is 12.1. The number of benzene rings is 1. The molecule has 1 unspecified atom stereocenters. The van der Waals surface area contributed by atoms with E-state index in [1.165, 1.54) is 29.9 Å². The Morgan fingerprint density at radius 2 is 1.94 bits per heavy atom. The van der Waals surface area contributed by atoms with Gasteiger partial charge in [-0.15, -0.1) is 0 Å². The molecule has 3 heteroatoms. The second kappa shape index (κ2) is 7.05. The molecule has 0 spiro atoms. The van der Waals surface area contributed by atoms with Crippen molar-refractivity contribution in [2.75, 3.05) is 25.2 Å². The molecule has 1 N–H and O–H groups in total. The molecule has 1 aliphatic rings. The van der Waals surface area contributed by atoms with Gasteiger partial charge in [0, 0.05) is 6.04 Å². The van der Waals surface area contributed by atoms with Gasteiger partial charge in [-0.3, -0.25) is 0 Å². The first-order valence-electron chi connectivity index (χ1n) is 6.74. The Morgan fingerprint density at radius 1 is 1.28 bits per heavy atom. The van der Waals surface area contributed by atoms with Gasteiger partial charge in [-0.1, -0.05) is 12.1 Å². The molecule has 1 atom stereocenters. The normalized spacial score (nSPS) is 18.6. The van der Waals surface area contributed by atoms with Gasteiger partial charge in [0.1, 0.15) is 5.75 Å². The van der Waals surface area contributed by atoms with Gasteiger partial charge in [0.25, 0.3) is 0 Å². The van der Waals surface area contributed by atoms with Crippen LogP contribution in [0.5, 0.6) is 5.75 Å². The molecule has 0 bridgehead atoms. The lowest BCUT2D eigenvalue weighted by atomic mass is 10.0. The molecule has 2 nitrogen and oxygen atoms in total. The van der Waals surface area contributed by atoms with Crippen molar-refractivity contribution in [3.05, 3.63) is 29.8 Å². The first-order chi connectivity index (χ1) is 8.79. The fourth-order valence-corrected chi connectivity index (χ4v) is 3.51. The third kappa shape index (κ3) is 3.92. The Morgan fingerprint density at radius 3 is 2.56 bits per heavy atom. The second-order valence-corrected chi connectivity index (χ2v) is 6.18. The molecule has 1 fully saturated rings. The summed E-state index contributed by atoms with van der Waals surface area (Å²) in [6.45, 7) is 3.38. The van der Waals surface area contributed by atoms with E-state index >= 15 is 0 Å². The molecule has 2 rings (SSSR count). The highest BCUT2D eigenvalue weighted by atomic mass is 32.2. The summed E-state index contributed by atoms with van der Waals surface area (Å²) in [4.78, 5) is 0. The van der Waals surface area contributed by atoms with Crippen LogP contribution in [0.3, 0.4) is 0 Å². The molecule has 1 saturated heterocycles. The lowest BCUT2D eigenvalue weighted by Gasteiger charge is -2.24. The van der Waals surface area contributed by atoms with E-state index in [-0.39, 0.29) is 0 Å². The van der Waals surface area contributed by atoms with Crippen LogP contribution >= 0.6 is 11.8 Å². The Bertz CT molecular complexity index is 346. The minimum Gasteiger partial charge on any atom is -0.497 e. The van der Waals surface area contributed by atoms with Gasteiger partial charge in [-0.25, -0.2) is 0 Å². The van der Waals surface area contributed by atoms with E-state index in [9.17, 15) is 0 Å². The molecule has 100 valence electrons. The van der Waals surface area contributed by atoms with Gasteiger partial charge < -0.3 is 10.1 Å². The van der Waals surface area contributed by atoms with E-state index in [1.807, 2.05) is 12.1 Å². The molecule has 1 heterocycles. The molecular formula is C15H23NOS. The van der Waals surface area contributed by atoms with Crippen molar-refractivity contribution >= 4 is 11.8 Å². The van der Waals surface area contributed by atoms with Crippen LogP contribution in [0.4, 0.5) is 0 Å². The number of hydrogen-bond donors (Lipinski definition) is 1. The molecule has 18 heavy (non-hydrogen) atoms. The predicted molar refractivity (Wildman–Crippen MR) is 79.5 cm³/mol. The second-order valence-electron chi connectivity index (χ2n) is 4.96. The van der Waals surface area contributed by atoms with Crippen LogP contribution < -0.4 is 10.1 Å². The summed E-state index contributed by atoms with van der Waals surface area (Å²) in [5, 5.41) is 3.66. The topological polar surface area (TPSA) is 21.3 Å². The van der Waals surface area contributed by atoms with E-state index in [2.05, 4.69) is 36.1 Å². The van der Waals surface area contributed by atoms with Gasteiger partial charge in [-0.05, 0) is 61.4 Å². The van der Waals surface area contributed by atoms with Crippen molar-refractivity contribution in [3.63, 3.8) is 0 Å². The summed E-state index contributed by atoms with van der Waals surface area (Å²) < 4.78 is 5.18. The minimum absolute atomic E-state index is 0.422. The maximum atomic E-state index is 5.18. The van der Waals surface area contributed by atoms with Crippen molar-refractivity contribution in [3.8, 4) is 5.75 Å². The highest BCUT2D eigenvalue weighted by molar-refractivity contribution is 7.99. The van der Waals surface area contributed by atoms with Crippen LogP contribution in [0.15, 0.2) is 24.3 Å². The Hall–Kier alpha value is -0.670. The number of hydrogen-bond acceptors (Lipinski definition) is 3. The molecule has 1 aliphatic heterocycles. The molecule has 0 amide bonds. The van der Waals surface area contributed by atoms with Crippen molar-refractivity contribution in [1.29, 1.82) is 0 Å². The van der Waals surface area contributed by atoms with Gasteiger partial charge in [0.2, 0.25) is 0 Å². The maximum Gasteiger partial charge on any atom is 0.118 e. The summed E-state index contributed by atoms with van der Waals surface area (Å²) >= 11 is 2.09. The van der Waals surface area contributed by atoms with Crippen molar-refractivity contribution in [1.82, 2.24) is 5.32 Å². The van der Waals surface area contributed by atoms with E-state index in [4.69, 9.17) is 4.74 Å². The molecule has 0 aromatic heterocycles. The van der Waals surface area contributed by atoms with Gasteiger partial charge in [0.15, 0.2) is 0 Å². The smallest absolute Gasteiger partial charge is 0.118 e. The summed E-state index contributed by atoms with van der Waals surface area (Å²) in [7, 11) is 1.71. The van der Waals surface area contributed by atoms with Gasteiger partial charge >= 0.3 is 0 Å². The largest absolute Gasteiger partial charge is 0.497 e. The van der Waals surface area contributed by atoms with Crippen LogP contribution in [-0.4, -0.2) is 25.2 Å². The Labute approximate surface area is 114 Å². The molecule has 1 aromatic rings. The monoisotopic (exact) mass is 265 g/mol. The molecule has 0 radical (unpaired) electrons. The summed E-state index contributed by atoms with van der Waals surface area (Å²) in [5.41, 5.74) is 1.33. The number of rotatable bonds is 5. The summed E-state index contributed by atoms with van der Waals surface area (Å²) in [5.74, 6) is 4.47. The average Bonchev–Trinajstić information content (AvgIpc) is 2.46. The van der Waals surface area contributed by atoms with Crippen LogP contribution in [0.25, 0.3) is 0 Å². The molecular weight excluding hydrogens is 242 g/mol. The van der Waals surface area contributed by atoms with Crippen molar-refractivity contribution in [2.45, 2.75) is 25.8 Å². The number of thioether (sulfide) groups is 1. The number of nitrogens with one attached hydrogen (secondary N) is 1. The summed E-state index contributed by atoms with van der Waals surface area (Å²) in [6.07, 6.45) is 2.74. The predicted octanol–water partition coefficient (Wildman–Crippen LogP) is 3.49. The van der Waals surface area contributed by atoms with Crippen LogP contribution in [0.1, 0.15) is 31.4 Å². The third-order valence-corrected chi connectivity index (χ3v) is 4.72. The van der Waals surface area contributed by atoms with E-state index < -0.39 is 0 Å². The standard InChI is InChI=1S/C15H23NOS/c1-12(14-3-5-15(17-2)6-4-14)16-11-13-7-9-18-10-8-13/h3-6,12-13,16H,7-11H2,1-2H3. The van der Waals surface area contributed by atoms with Crippen LogP contribution in [-0.2, 0) is 0 Å². The molecule has 1 aromatic carbocycles. The van der Waals surface area contributed by atoms with Crippen molar-refractivity contribution in [2.24, 2.45) is 5.92 Å². The quantitative estimate of drug-likeness (QED) is 0.880. The van der Waals surface area contributed by atoms with Crippen LogP contribution in [0, 0.1) is 5.92 Å². The zero-order valence-electron chi connectivity index (χ0n) is 11.3. The van der Waals surface area contributed by atoms with Gasteiger partial charge in [0.05, 0.1) is 7.11 Å². The minimum atomic E-state index is 0.422. The lowest BCUT2D eigenvalue weighted by Crippen LogP contribution is -2.27. The fourth-order valence-electron chi connectivity index (χ4n) is 2.30. The first kappa shape index (κ1) is 13.8. The highest BCUT2D eigenvalue weighted by Crippen LogP contribution is 2.23. The number of ether oxygens (including phenoxy) is 1. The first-order valence-corrected chi connectivity index (χ1v) is 7.90. The van der Waals surface area contributed by atoms with Gasteiger partial charge in [-0.2, -0.15) is 11.8 Å². The zero-order chi connectivity index (χ0) is 12.8. The summed E-state index contributed by atoms with van der Waals surface area (Å²) in [6, 6.07) is 8.78. The van der Waals surface area contributed by atoms with E-state index in [0.717, 1.165) is 18.2 Å². The fraction of sp³-hybridized carbons (Fsp3) is 0.600. The number of methoxy groups -OCH3 is 1. The SMILES string of the molecule is COc1ccc(C(C)NCC2CCSCC2)cc1. The van der Waals surface area contributed by atoms with E-state index in [1.54, 1.807) is 7.11 Å². The van der Waals surface area contributed by atoms with Crippen LogP contribution in [0.2, 0.25) is 0 Å². The van der Waals surface area contributed by atoms with E-state index in [0.29, 0.717) is 6.04 Å². The van der Waals surface area contributed by atoms with Crippen molar-refractivity contribution < 1.29 is 4.74 Å². The Balaban J connectivity index is 1.80. The molecule has 0 saturated carbocycles. The lowest BCUT2D eigenvalue weighted by molar-refractivity contribution is 0.412.